The molecule has 5 aliphatic heterocycles. The average molecular weight is 548 g/mol. The van der Waals surface area contributed by atoms with Gasteiger partial charge in [-0.25, -0.2) is 0 Å². The molecule has 11 heteroatoms. The summed E-state index contributed by atoms with van der Waals surface area (Å²) in [4.78, 5) is 4.66. The van der Waals surface area contributed by atoms with Crippen molar-refractivity contribution in [3.8, 4) is 0 Å². The highest BCUT2D eigenvalue weighted by molar-refractivity contribution is 6.92. The van der Waals surface area contributed by atoms with Crippen molar-refractivity contribution in [3.63, 3.8) is 0 Å². The topological polar surface area (TPSA) is 43.4 Å². The highest BCUT2D eigenvalue weighted by atomic mass is 16.4. The van der Waals surface area contributed by atoms with E-state index in [2.05, 4.69) is 43.3 Å². The summed E-state index contributed by atoms with van der Waals surface area (Å²) in [5.74, 6) is 8.47. The summed E-state index contributed by atoms with van der Waals surface area (Å²) in [5, 5.41) is 0. The zero-order chi connectivity index (χ0) is 32.9. The molecule has 5 aliphatic rings. The smallest absolute Gasteiger partial charge is 0.381 e. The molecule has 2 aromatic heterocycles. The van der Waals surface area contributed by atoms with Gasteiger partial charge >= 0.3 is 33.8 Å². The summed E-state index contributed by atoms with van der Waals surface area (Å²) in [6, 6.07) is 10.9. The minimum Gasteiger partial charge on any atom is -0.423 e. The summed E-state index contributed by atoms with van der Waals surface area (Å²) in [6.07, 6.45) is 19.7. The number of allylic oxidation sites excluding steroid dienone is 8. The maximum atomic E-state index is 8.79. The standard InChI is InChI=1S/C31H26B4N6O/c1-23-13-14-28-30(42-31-36-26-11-3-4-12-27(26)41(28)31)29(23)25-21-35-39-20-10-6-16-33(39)37-18-8-5-15-32(37)38-19-9-7-17-34(38)40(35)22-24(25)2/h3-22H,1-2H3/i1D3,2D3. The number of imidazole rings is 1. The van der Waals surface area contributed by atoms with Crippen LogP contribution in [0.1, 0.15) is 26.2 Å². The van der Waals surface area contributed by atoms with E-state index in [4.69, 9.17) is 12.6 Å². The lowest BCUT2D eigenvalue weighted by molar-refractivity contribution is 0.620. The largest absolute Gasteiger partial charge is 0.423 e. The summed E-state index contributed by atoms with van der Waals surface area (Å²) in [7, 11) is 0. The molecule has 0 atom stereocenters. The molecule has 0 unspecified atom stereocenters. The summed E-state index contributed by atoms with van der Waals surface area (Å²) in [6.45, 7) is -6.41. The van der Waals surface area contributed by atoms with Gasteiger partial charge in [0.2, 0.25) is 0 Å². The third-order valence-electron chi connectivity index (χ3n) is 8.66. The van der Waals surface area contributed by atoms with Crippen molar-refractivity contribution >= 4 is 61.5 Å². The zero-order valence-corrected chi connectivity index (χ0v) is 22.4. The Bertz CT molecular complexity index is 2260. The zero-order valence-electron chi connectivity index (χ0n) is 28.4. The molecular weight excluding hydrogens is 516 g/mol. The van der Waals surface area contributed by atoms with Gasteiger partial charge in [0.25, 0.3) is 0 Å². The van der Waals surface area contributed by atoms with E-state index >= 15 is 0 Å². The molecule has 1 fully saturated rings. The van der Waals surface area contributed by atoms with Gasteiger partial charge in [-0.1, -0.05) is 60.3 Å². The first-order chi connectivity index (χ1) is 23.1. The Labute approximate surface area is 254 Å². The Morgan fingerprint density at radius 2 is 1.40 bits per heavy atom. The van der Waals surface area contributed by atoms with Crippen LogP contribution < -0.4 is 0 Å². The lowest BCUT2D eigenvalue weighted by Gasteiger charge is -2.53. The van der Waals surface area contributed by atoms with E-state index in [9.17, 15) is 0 Å². The lowest BCUT2D eigenvalue weighted by Crippen LogP contribution is -2.73. The highest BCUT2D eigenvalue weighted by Gasteiger charge is 2.50. The molecule has 0 N–H and O–H groups in total. The fourth-order valence-corrected chi connectivity index (χ4v) is 6.82. The first-order valence-corrected chi connectivity index (χ1v) is 14.0. The van der Waals surface area contributed by atoms with Crippen LogP contribution in [-0.2, 0) is 0 Å². The van der Waals surface area contributed by atoms with E-state index in [1.807, 2.05) is 88.2 Å². The predicted molar refractivity (Wildman–Crippen MR) is 174 cm³/mol. The Balaban J connectivity index is 1.33. The number of nitrogens with zero attached hydrogens (tertiary/aromatic N) is 6. The molecule has 0 amide bonds. The minimum atomic E-state index is -2.59. The van der Waals surface area contributed by atoms with Gasteiger partial charge in [0.05, 0.1) is 16.6 Å². The van der Waals surface area contributed by atoms with Crippen molar-refractivity contribution in [1.29, 1.82) is 0 Å². The van der Waals surface area contributed by atoms with Gasteiger partial charge in [-0.3, -0.25) is 4.40 Å². The molecule has 0 saturated carbocycles. The summed E-state index contributed by atoms with van der Waals surface area (Å²) in [5.41, 5.74) is 2.98. The number of benzene rings is 2. The molecule has 2 aromatic carbocycles. The van der Waals surface area contributed by atoms with Crippen molar-refractivity contribution in [2.24, 2.45) is 0 Å². The van der Waals surface area contributed by atoms with Crippen LogP contribution in [0.3, 0.4) is 0 Å². The van der Waals surface area contributed by atoms with E-state index in [-0.39, 0.29) is 43.2 Å². The van der Waals surface area contributed by atoms with E-state index in [1.54, 1.807) is 18.3 Å². The van der Waals surface area contributed by atoms with Gasteiger partial charge < -0.3 is 23.3 Å². The third-order valence-corrected chi connectivity index (χ3v) is 8.66. The van der Waals surface area contributed by atoms with Gasteiger partial charge in [0.1, 0.15) is 0 Å². The molecule has 42 heavy (non-hydrogen) atoms. The van der Waals surface area contributed by atoms with E-state index in [1.165, 1.54) is 0 Å². The van der Waals surface area contributed by atoms with Crippen molar-refractivity contribution < 1.29 is 12.6 Å². The van der Waals surface area contributed by atoms with Gasteiger partial charge in [-0.2, -0.15) is 4.98 Å². The third kappa shape index (κ3) is 3.25. The highest BCUT2D eigenvalue weighted by Crippen LogP contribution is 2.39. The maximum absolute atomic E-state index is 8.79. The van der Waals surface area contributed by atoms with Crippen molar-refractivity contribution in [1.82, 2.24) is 28.3 Å². The first-order valence-electron chi connectivity index (χ1n) is 17.0. The molecule has 1 saturated heterocycles. The first kappa shape index (κ1) is 18.5. The molecule has 0 bridgehead atoms. The normalized spacial score (nSPS) is 21.7. The monoisotopic (exact) mass is 548 g/mol. The van der Waals surface area contributed by atoms with E-state index in [0.29, 0.717) is 16.9 Å². The molecule has 0 spiro atoms. The number of para-hydroxylation sites is 2. The van der Waals surface area contributed by atoms with Crippen LogP contribution in [0.2, 0.25) is 0 Å². The maximum Gasteiger partial charge on any atom is 0.381 e. The van der Waals surface area contributed by atoms with Crippen LogP contribution in [0.15, 0.2) is 132 Å². The fourth-order valence-electron chi connectivity index (χ4n) is 6.82. The molecule has 7 nitrogen and oxygen atoms in total. The molecule has 0 radical (unpaired) electrons. The SMILES string of the molecule is [2H]C([2H])([2H])C1=CN2B3C=CC=CN3B3C=CC=CN3B3C=CC=CN3B2C=C1c1c(C([2H])([2H])[2H])ccc2c1oc1nc3ccccc3n12. The van der Waals surface area contributed by atoms with Gasteiger partial charge in [0, 0.05) is 13.8 Å². The second-order valence-electron chi connectivity index (χ2n) is 10.9. The fraction of sp³-hybridized carbons (Fsp3) is 0.0645. The van der Waals surface area contributed by atoms with Crippen LogP contribution in [0.5, 0.6) is 0 Å². The number of aryl methyl sites for hydroxylation is 1. The second kappa shape index (κ2) is 8.79. The number of hydrogen-bond acceptors (Lipinski definition) is 6. The summed E-state index contributed by atoms with van der Waals surface area (Å²) < 4.78 is 69.0. The Hall–Kier alpha value is -4.91. The number of oxazole rings is 1. The van der Waals surface area contributed by atoms with Crippen LogP contribution in [0.4, 0.5) is 0 Å². The van der Waals surface area contributed by atoms with Crippen LogP contribution in [0, 0.1) is 6.85 Å². The Morgan fingerprint density at radius 3 is 2.12 bits per heavy atom. The molecule has 4 aromatic rings. The van der Waals surface area contributed by atoms with Crippen molar-refractivity contribution in [2.75, 3.05) is 0 Å². The predicted octanol–water partition coefficient (Wildman–Crippen LogP) is 5.42. The number of hydrogen-bond donors (Lipinski definition) is 0. The van der Waals surface area contributed by atoms with Crippen molar-refractivity contribution in [3.05, 3.63) is 138 Å². The van der Waals surface area contributed by atoms with Crippen LogP contribution >= 0.6 is 0 Å². The van der Waals surface area contributed by atoms with E-state index < -0.39 is 20.7 Å². The van der Waals surface area contributed by atoms with Crippen LogP contribution in [0.25, 0.3) is 33.6 Å². The number of aromatic nitrogens is 2. The number of rotatable bonds is 1. The minimum absolute atomic E-state index is 0.00826. The molecule has 9 rings (SSSR count). The molecular formula is C31H26B4N6O. The summed E-state index contributed by atoms with van der Waals surface area (Å²) >= 11 is 0. The van der Waals surface area contributed by atoms with Gasteiger partial charge in [-0.05, 0) is 91.6 Å². The average Bonchev–Trinajstić information content (AvgIpc) is 3.62. The van der Waals surface area contributed by atoms with Gasteiger partial charge in [-0.15, -0.1) is 0 Å². The Morgan fingerprint density at radius 1 is 0.714 bits per heavy atom. The second-order valence-corrected chi connectivity index (χ2v) is 10.9. The molecule has 7 heterocycles. The van der Waals surface area contributed by atoms with Crippen molar-refractivity contribution in [2.45, 2.75) is 13.7 Å². The van der Waals surface area contributed by atoms with Gasteiger partial charge in [0.15, 0.2) is 5.58 Å². The molecule has 0 aliphatic carbocycles. The Kier molecular flexibility index (Phi) is 3.87. The quantitative estimate of drug-likeness (QED) is 0.296. The molecule has 198 valence electrons. The van der Waals surface area contributed by atoms with Crippen LogP contribution in [-0.4, -0.2) is 56.2 Å². The number of fused-ring (bicyclic) bond motifs is 13. The lowest BCUT2D eigenvalue weighted by atomic mass is 9.41. The van der Waals surface area contributed by atoms with E-state index in [0.717, 1.165) is 11.0 Å².